The number of carboxylic acid groups (broad SMARTS) is 1. The largest absolute Gasteiger partial charge is 0.497 e. The predicted octanol–water partition coefficient (Wildman–Crippen LogP) is 5.86. The Balaban J connectivity index is 0.000000251. The van der Waals surface area contributed by atoms with Crippen LogP contribution in [0.2, 0.25) is 0 Å². The number of thioether (sulfide) groups is 3. The second-order valence-corrected chi connectivity index (χ2v) is 7.83. The first-order valence-corrected chi connectivity index (χ1v) is 11.2. The standard InChI is InChI=1S/C10H12O2S.C9H12OS2/c1-6-4-8(13-3)5-7(2)9(6)10(11)12;1-10-7-4-8(11-2)6-9(5-7)12-3/h4-5H,1-3H3,(H,11,12);4-6H,1-3H3. The van der Waals surface area contributed by atoms with Crippen LogP contribution in [-0.2, 0) is 0 Å². The third-order valence-electron chi connectivity index (χ3n) is 3.52. The smallest absolute Gasteiger partial charge is 0.336 e. The van der Waals surface area contributed by atoms with Crippen molar-refractivity contribution >= 4 is 41.3 Å². The molecule has 2 rings (SSSR count). The summed E-state index contributed by atoms with van der Waals surface area (Å²) in [6.45, 7) is 3.66. The third-order valence-corrected chi connectivity index (χ3v) is 5.64. The van der Waals surface area contributed by atoms with Gasteiger partial charge in [0.25, 0.3) is 0 Å². The lowest BCUT2D eigenvalue weighted by Crippen LogP contribution is -2.02. The van der Waals surface area contributed by atoms with Gasteiger partial charge in [-0.1, -0.05) is 0 Å². The zero-order valence-corrected chi connectivity index (χ0v) is 17.8. The molecular weight excluding hydrogens is 372 g/mol. The lowest BCUT2D eigenvalue weighted by Gasteiger charge is -2.07. The van der Waals surface area contributed by atoms with Crippen LogP contribution in [0.4, 0.5) is 0 Å². The lowest BCUT2D eigenvalue weighted by atomic mass is 10.0. The van der Waals surface area contributed by atoms with Crippen LogP contribution >= 0.6 is 35.3 Å². The average Bonchev–Trinajstić information content (AvgIpc) is 2.60. The molecule has 0 amide bonds. The predicted molar refractivity (Wildman–Crippen MR) is 111 cm³/mol. The fraction of sp³-hybridized carbons (Fsp3) is 0.316. The zero-order valence-electron chi connectivity index (χ0n) is 15.4. The molecule has 0 heterocycles. The highest BCUT2D eigenvalue weighted by molar-refractivity contribution is 7.99. The van der Waals surface area contributed by atoms with Gasteiger partial charge in [0.15, 0.2) is 0 Å². The van der Waals surface area contributed by atoms with Crippen molar-refractivity contribution in [3.05, 3.63) is 47.0 Å². The van der Waals surface area contributed by atoms with Gasteiger partial charge < -0.3 is 9.84 Å². The van der Waals surface area contributed by atoms with E-state index in [0.717, 1.165) is 21.8 Å². The van der Waals surface area contributed by atoms with Gasteiger partial charge in [-0.05, 0) is 74.1 Å². The van der Waals surface area contributed by atoms with Gasteiger partial charge >= 0.3 is 5.97 Å². The Bertz CT molecular complexity index is 652. The summed E-state index contributed by atoms with van der Waals surface area (Å²) in [6, 6.07) is 10.1. The average molecular weight is 397 g/mol. The molecule has 0 aliphatic heterocycles. The van der Waals surface area contributed by atoms with Gasteiger partial charge in [-0.3, -0.25) is 0 Å². The summed E-state index contributed by atoms with van der Waals surface area (Å²) in [4.78, 5) is 14.4. The molecule has 0 bridgehead atoms. The molecular formula is C19H24O3S3. The highest BCUT2D eigenvalue weighted by Gasteiger charge is 2.11. The monoisotopic (exact) mass is 396 g/mol. The first kappa shape index (κ1) is 21.8. The van der Waals surface area contributed by atoms with Crippen molar-refractivity contribution in [3.8, 4) is 5.75 Å². The number of methoxy groups -OCH3 is 1. The van der Waals surface area contributed by atoms with Gasteiger partial charge in [0.05, 0.1) is 12.7 Å². The Kier molecular flexibility index (Phi) is 9.32. The molecule has 3 nitrogen and oxygen atoms in total. The number of aromatic carboxylic acids is 1. The van der Waals surface area contributed by atoms with E-state index in [-0.39, 0.29) is 0 Å². The summed E-state index contributed by atoms with van der Waals surface area (Å²) in [5, 5.41) is 8.90. The SMILES string of the molecule is COc1cc(SC)cc(SC)c1.CSc1cc(C)c(C(=O)O)c(C)c1. The number of hydrogen-bond donors (Lipinski definition) is 1. The number of ether oxygens (including phenoxy) is 1. The molecule has 0 aromatic heterocycles. The quantitative estimate of drug-likeness (QED) is 0.639. The van der Waals surface area contributed by atoms with Crippen molar-refractivity contribution in [1.82, 2.24) is 0 Å². The molecule has 0 aliphatic rings. The van der Waals surface area contributed by atoms with Gasteiger partial charge in [-0.2, -0.15) is 0 Å². The Morgan fingerprint density at radius 1 is 0.840 bits per heavy atom. The number of hydrogen-bond acceptors (Lipinski definition) is 5. The van der Waals surface area contributed by atoms with Crippen molar-refractivity contribution in [2.24, 2.45) is 0 Å². The molecule has 0 unspecified atom stereocenters. The van der Waals surface area contributed by atoms with Crippen LogP contribution in [0.1, 0.15) is 21.5 Å². The van der Waals surface area contributed by atoms with Crippen molar-refractivity contribution < 1.29 is 14.6 Å². The molecule has 0 spiro atoms. The second kappa shape index (κ2) is 10.7. The maximum atomic E-state index is 10.8. The molecule has 0 atom stereocenters. The molecule has 25 heavy (non-hydrogen) atoms. The number of rotatable bonds is 5. The van der Waals surface area contributed by atoms with E-state index in [4.69, 9.17) is 9.84 Å². The number of aryl methyl sites for hydroxylation is 2. The molecule has 0 radical (unpaired) electrons. The molecule has 0 saturated carbocycles. The third kappa shape index (κ3) is 6.53. The van der Waals surface area contributed by atoms with Gasteiger partial charge in [-0.25, -0.2) is 4.79 Å². The number of carboxylic acids is 1. The van der Waals surface area contributed by atoms with Crippen LogP contribution in [0.15, 0.2) is 45.0 Å². The number of benzene rings is 2. The minimum atomic E-state index is -0.845. The van der Waals surface area contributed by atoms with E-state index in [0.29, 0.717) is 5.56 Å². The Hall–Kier alpha value is -1.24. The molecule has 6 heteroatoms. The minimum Gasteiger partial charge on any atom is -0.497 e. The van der Waals surface area contributed by atoms with Gasteiger partial charge in [-0.15, -0.1) is 35.3 Å². The Morgan fingerprint density at radius 2 is 1.24 bits per heavy atom. The maximum absolute atomic E-state index is 10.8. The Labute approximate surface area is 162 Å². The van der Waals surface area contributed by atoms with E-state index in [2.05, 4.69) is 18.6 Å². The zero-order chi connectivity index (χ0) is 19.0. The molecule has 0 fully saturated rings. The van der Waals surface area contributed by atoms with E-state index in [1.807, 2.05) is 44.4 Å². The van der Waals surface area contributed by atoms with Crippen LogP contribution in [-0.4, -0.2) is 37.0 Å². The number of carbonyl (C=O) groups is 1. The maximum Gasteiger partial charge on any atom is 0.336 e. The van der Waals surface area contributed by atoms with Crippen LogP contribution in [0.25, 0.3) is 0 Å². The van der Waals surface area contributed by atoms with Crippen molar-refractivity contribution in [1.29, 1.82) is 0 Å². The molecule has 0 saturated heterocycles. The molecule has 136 valence electrons. The topological polar surface area (TPSA) is 46.5 Å². The van der Waals surface area contributed by atoms with Crippen LogP contribution in [0.3, 0.4) is 0 Å². The van der Waals surface area contributed by atoms with Gasteiger partial charge in [0, 0.05) is 14.7 Å². The molecule has 2 aromatic carbocycles. The van der Waals surface area contributed by atoms with Gasteiger partial charge in [0.2, 0.25) is 0 Å². The van der Waals surface area contributed by atoms with Crippen molar-refractivity contribution in [2.45, 2.75) is 28.5 Å². The second-order valence-electron chi connectivity index (χ2n) is 5.19. The van der Waals surface area contributed by atoms with Crippen molar-refractivity contribution in [3.63, 3.8) is 0 Å². The normalized spacial score (nSPS) is 10.0. The van der Waals surface area contributed by atoms with E-state index in [9.17, 15) is 4.79 Å². The lowest BCUT2D eigenvalue weighted by molar-refractivity contribution is 0.0695. The first-order valence-electron chi connectivity index (χ1n) is 7.51. The van der Waals surface area contributed by atoms with Crippen LogP contribution in [0.5, 0.6) is 5.75 Å². The molecule has 0 aliphatic carbocycles. The van der Waals surface area contributed by atoms with Gasteiger partial charge in [0.1, 0.15) is 5.75 Å². The molecule has 1 N–H and O–H groups in total. The fourth-order valence-electron chi connectivity index (χ4n) is 2.28. The summed E-state index contributed by atoms with van der Waals surface area (Å²) >= 11 is 5.09. The summed E-state index contributed by atoms with van der Waals surface area (Å²) in [6.07, 6.45) is 6.12. The van der Waals surface area contributed by atoms with E-state index in [1.54, 1.807) is 42.4 Å². The fourth-order valence-corrected chi connectivity index (χ4v) is 3.90. The van der Waals surface area contributed by atoms with E-state index < -0.39 is 5.97 Å². The van der Waals surface area contributed by atoms with E-state index >= 15 is 0 Å². The molecule has 2 aromatic rings. The first-order chi connectivity index (χ1) is 11.9. The Morgan fingerprint density at radius 3 is 1.56 bits per heavy atom. The van der Waals surface area contributed by atoms with Crippen LogP contribution < -0.4 is 4.74 Å². The highest BCUT2D eigenvalue weighted by atomic mass is 32.2. The summed E-state index contributed by atoms with van der Waals surface area (Å²) in [5.41, 5.74) is 2.09. The summed E-state index contributed by atoms with van der Waals surface area (Å²) in [7, 11) is 1.70. The van der Waals surface area contributed by atoms with Crippen molar-refractivity contribution in [2.75, 3.05) is 25.9 Å². The highest BCUT2D eigenvalue weighted by Crippen LogP contribution is 2.28. The van der Waals surface area contributed by atoms with Crippen LogP contribution in [0, 0.1) is 13.8 Å². The van der Waals surface area contributed by atoms with E-state index in [1.165, 1.54) is 9.79 Å². The summed E-state index contributed by atoms with van der Waals surface area (Å²) in [5.74, 6) is 0.0915. The minimum absolute atomic E-state index is 0.429. The summed E-state index contributed by atoms with van der Waals surface area (Å²) < 4.78 is 5.17.